The first-order valence-corrected chi connectivity index (χ1v) is 11.6. The number of benzene rings is 2. The van der Waals surface area contributed by atoms with E-state index in [9.17, 15) is 25.5 Å². The fourth-order valence-electron chi connectivity index (χ4n) is 4.25. The Labute approximate surface area is 203 Å². The summed E-state index contributed by atoms with van der Waals surface area (Å²) in [6.07, 6.45) is -5.47. The summed E-state index contributed by atoms with van der Waals surface area (Å²) >= 11 is 0. The van der Waals surface area contributed by atoms with Gasteiger partial charge in [0.2, 0.25) is 0 Å². The van der Waals surface area contributed by atoms with Gasteiger partial charge in [0, 0.05) is 5.56 Å². The van der Waals surface area contributed by atoms with Crippen LogP contribution >= 0.6 is 0 Å². The zero-order valence-corrected chi connectivity index (χ0v) is 19.6. The van der Waals surface area contributed by atoms with Gasteiger partial charge in [-0.3, -0.25) is 0 Å². The minimum Gasteiger partial charge on any atom is -0.504 e. The van der Waals surface area contributed by atoms with Gasteiger partial charge in [-0.1, -0.05) is 12.1 Å². The third-order valence-electron chi connectivity index (χ3n) is 6.29. The average molecular weight is 493 g/mol. The maximum absolute atomic E-state index is 10.1. The van der Waals surface area contributed by atoms with Gasteiger partial charge in [-0.05, 0) is 49.6 Å². The lowest BCUT2D eigenvalue weighted by Crippen LogP contribution is -2.57. The molecule has 1 fully saturated rings. The molecular weight excluding hydrogens is 460 g/mol. The van der Waals surface area contributed by atoms with Gasteiger partial charge in [0.05, 0.1) is 26.4 Å². The van der Waals surface area contributed by atoms with Gasteiger partial charge in [0.1, 0.15) is 18.3 Å². The predicted octanol–water partition coefficient (Wildman–Crippen LogP) is 1.05. The lowest BCUT2D eigenvalue weighted by molar-refractivity contribution is -0.293. The Morgan fingerprint density at radius 1 is 0.943 bits per heavy atom. The molecule has 2 aromatic rings. The van der Waals surface area contributed by atoms with E-state index in [4.69, 9.17) is 23.7 Å². The minimum absolute atomic E-state index is 0.00437. The first kappa shape index (κ1) is 25.5. The Kier molecular flexibility index (Phi) is 8.00. The van der Waals surface area contributed by atoms with E-state index >= 15 is 0 Å². The summed E-state index contributed by atoms with van der Waals surface area (Å²) in [6.45, 7) is 1.62. The summed E-state index contributed by atoms with van der Waals surface area (Å²) in [7, 11) is 1.46. The molecule has 5 N–H and O–H groups in total. The number of methoxy groups -OCH3 is 1. The van der Waals surface area contributed by atoms with Crippen LogP contribution in [0.3, 0.4) is 0 Å². The SMILES string of the molecule is COc1cc(C2Oc3cc(CCCOC4OC(C)C(O)C(O)C4O)ccc3OC2CO)ccc1O. The highest BCUT2D eigenvalue weighted by Gasteiger charge is 2.42. The van der Waals surface area contributed by atoms with E-state index in [2.05, 4.69) is 0 Å². The highest BCUT2D eigenvalue weighted by molar-refractivity contribution is 5.47. The quantitative estimate of drug-likeness (QED) is 0.339. The van der Waals surface area contributed by atoms with E-state index in [1.54, 1.807) is 25.1 Å². The zero-order valence-electron chi connectivity index (χ0n) is 19.6. The van der Waals surface area contributed by atoms with Gasteiger partial charge < -0.3 is 49.2 Å². The largest absolute Gasteiger partial charge is 0.504 e. The second kappa shape index (κ2) is 11.0. The first-order valence-electron chi connectivity index (χ1n) is 11.6. The Morgan fingerprint density at radius 2 is 1.74 bits per heavy atom. The Bertz CT molecular complexity index is 998. The van der Waals surface area contributed by atoms with Crippen molar-refractivity contribution in [2.75, 3.05) is 20.3 Å². The lowest BCUT2D eigenvalue weighted by Gasteiger charge is -2.38. The van der Waals surface area contributed by atoms with E-state index in [1.807, 2.05) is 12.1 Å². The van der Waals surface area contributed by atoms with E-state index in [1.165, 1.54) is 13.2 Å². The highest BCUT2D eigenvalue weighted by atomic mass is 16.7. The smallest absolute Gasteiger partial charge is 0.186 e. The molecule has 35 heavy (non-hydrogen) atoms. The van der Waals surface area contributed by atoms with E-state index in [-0.39, 0.29) is 19.0 Å². The topological polar surface area (TPSA) is 147 Å². The molecule has 10 nitrogen and oxygen atoms in total. The Hall–Kier alpha value is -2.60. The van der Waals surface area contributed by atoms with Crippen LogP contribution in [0.25, 0.3) is 0 Å². The van der Waals surface area contributed by atoms with Crippen LogP contribution in [0.2, 0.25) is 0 Å². The van der Waals surface area contributed by atoms with Gasteiger partial charge in [-0.15, -0.1) is 0 Å². The van der Waals surface area contributed by atoms with E-state index in [0.29, 0.717) is 35.7 Å². The molecule has 0 spiro atoms. The van der Waals surface area contributed by atoms with Crippen LogP contribution in [-0.4, -0.2) is 82.7 Å². The Balaban J connectivity index is 1.38. The number of phenols is 1. The second-order valence-corrected chi connectivity index (χ2v) is 8.75. The Morgan fingerprint density at radius 3 is 2.49 bits per heavy atom. The standard InChI is InChI=1S/C25H32O10/c1-13-21(28)22(29)23(30)25(33-13)32-9-3-4-14-5-8-17-19(10-14)35-24(20(12-26)34-17)15-6-7-16(27)18(11-15)31-2/h5-8,10-11,13,20-30H,3-4,9,12H2,1-2H3. The number of aliphatic hydroxyl groups is 4. The van der Waals surface area contributed by atoms with Crippen molar-refractivity contribution in [2.24, 2.45) is 0 Å². The summed E-state index contributed by atoms with van der Waals surface area (Å²) in [4.78, 5) is 0. The summed E-state index contributed by atoms with van der Waals surface area (Å²) in [5, 5.41) is 49.4. The number of hydrogen-bond donors (Lipinski definition) is 5. The molecule has 0 aliphatic carbocycles. The molecular formula is C25H32O10. The number of aryl methyl sites for hydroxylation is 1. The van der Waals surface area contributed by atoms with Gasteiger partial charge in [-0.2, -0.15) is 0 Å². The molecule has 0 radical (unpaired) electrons. The molecule has 7 atom stereocenters. The molecule has 0 bridgehead atoms. The van der Waals surface area contributed by atoms with Gasteiger partial charge >= 0.3 is 0 Å². The molecule has 2 aromatic carbocycles. The number of aromatic hydroxyl groups is 1. The number of fused-ring (bicyclic) bond motifs is 1. The van der Waals surface area contributed by atoms with E-state index < -0.39 is 42.9 Å². The molecule has 4 rings (SSSR count). The van der Waals surface area contributed by atoms with Crippen LogP contribution < -0.4 is 14.2 Å². The van der Waals surface area contributed by atoms with Crippen LogP contribution in [0.1, 0.15) is 30.6 Å². The molecule has 0 aromatic heterocycles. The predicted molar refractivity (Wildman–Crippen MR) is 123 cm³/mol. The molecule has 1 saturated heterocycles. The molecule has 0 saturated carbocycles. The summed E-state index contributed by atoms with van der Waals surface area (Å²) in [6, 6.07) is 10.4. The van der Waals surface area contributed by atoms with Crippen molar-refractivity contribution in [1.82, 2.24) is 0 Å². The summed E-state index contributed by atoms with van der Waals surface area (Å²) in [5.41, 5.74) is 1.66. The number of hydrogen-bond acceptors (Lipinski definition) is 10. The number of rotatable bonds is 8. The molecule has 2 aliphatic rings. The van der Waals surface area contributed by atoms with E-state index in [0.717, 1.165) is 5.56 Å². The second-order valence-electron chi connectivity index (χ2n) is 8.75. The van der Waals surface area contributed by atoms with Crippen molar-refractivity contribution in [1.29, 1.82) is 0 Å². The first-order chi connectivity index (χ1) is 16.8. The molecule has 7 unspecified atom stereocenters. The maximum atomic E-state index is 10.1. The normalized spacial score (nSPS) is 30.2. The fourth-order valence-corrected chi connectivity index (χ4v) is 4.25. The minimum atomic E-state index is -1.33. The summed E-state index contributed by atoms with van der Waals surface area (Å²) in [5.74, 6) is 1.35. The van der Waals surface area contributed by atoms with Crippen LogP contribution in [-0.2, 0) is 15.9 Å². The lowest BCUT2D eigenvalue weighted by atomic mass is 10.00. The van der Waals surface area contributed by atoms with Crippen LogP contribution in [0.15, 0.2) is 36.4 Å². The maximum Gasteiger partial charge on any atom is 0.186 e. The van der Waals surface area contributed by atoms with Crippen molar-refractivity contribution < 1.29 is 49.2 Å². The average Bonchev–Trinajstić information content (AvgIpc) is 2.87. The van der Waals surface area contributed by atoms with Crippen molar-refractivity contribution in [3.63, 3.8) is 0 Å². The van der Waals surface area contributed by atoms with Gasteiger partial charge in [-0.25, -0.2) is 0 Å². The molecule has 10 heteroatoms. The number of aliphatic hydroxyl groups excluding tert-OH is 4. The molecule has 2 aliphatic heterocycles. The van der Waals surface area contributed by atoms with Crippen LogP contribution in [0, 0.1) is 0 Å². The fraction of sp³-hybridized carbons (Fsp3) is 0.520. The number of ether oxygens (including phenoxy) is 5. The monoisotopic (exact) mass is 492 g/mol. The summed E-state index contributed by atoms with van der Waals surface area (Å²) < 4.78 is 28.4. The van der Waals surface area contributed by atoms with Crippen molar-refractivity contribution in [2.45, 2.75) is 62.7 Å². The number of phenolic OH excluding ortho intramolecular Hbond substituents is 1. The highest BCUT2D eigenvalue weighted by Crippen LogP contribution is 2.41. The zero-order chi connectivity index (χ0) is 25.1. The van der Waals surface area contributed by atoms with Gasteiger partial charge in [0.25, 0.3) is 0 Å². The van der Waals surface area contributed by atoms with Crippen molar-refractivity contribution in [3.8, 4) is 23.0 Å². The van der Waals surface area contributed by atoms with Crippen LogP contribution in [0.4, 0.5) is 0 Å². The third kappa shape index (κ3) is 5.48. The van der Waals surface area contributed by atoms with Crippen LogP contribution in [0.5, 0.6) is 23.0 Å². The van der Waals surface area contributed by atoms with Crippen molar-refractivity contribution >= 4 is 0 Å². The third-order valence-corrected chi connectivity index (χ3v) is 6.29. The molecule has 0 amide bonds. The molecule has 2 heterocycles. The molecule has 192 valence electrons. The van der Waals surface area contributed by atoms with Crippen molar-refractivity contribution in [3.05, 3.63) is 47.5 Å². The van der Waals surface area contributed by atoms with Gasteiger partial charge in [0.15, 0.2) is 41.5 Å².